The molecule has 1 unspecified atom stereocenters. The lowest BCUT2D eigenvalue weighted by Crippen LogP contribution is -2.43. The molecule has 1 fully saturated rings. The first-order valence-corrected chi connectivity index (χ1v) is 7.06. The molecule has 0 radical (unpaired) electrons. The Morgan fingerprint density at radius 1 is 1.33 bits per heavy atom. The van der Waals surface area contributed by atoms with Crippen LogP contribution in [0.15, 0.2) is 30.3 Å². The summed E-state index contributed by atoms with van der Waals surface area (Å²) in [5.74, 6) is -0.790. The van der Waals surface area contributed by atoms with Crippen LogP contribution in [0.2, 0.25) is 0 Å². The first kappa shape index (κ1) is 15.3. The molecular formula is C15H20N2O4. The topological polar surface area (TPSA) is 87.7 Å². The van der Waals surface area contributed by atoms with Gasteiger partial charge in [0.1, 0.15) is 0 Å². The quantitative estimate of drug-likeness (QED) is 0.768. The minimum atomic E-state index is -1.09. The number of carbonyl (C=O) groups excluding carboxylic acids is 1. The van der Waals surface area contributed by atoms with E-state index in [0.29, 0.717) is 24.6 Å². The maximum absolute atomic E-state index is 11.8. The average Bonchev–Trinajstić information content (AvgIpc) is 2.52. The molecule has 114 valence electrons. The molecule has 0 saturated carbocycles. The number of benzene rings is 1. The number of urea groups is 1. The van der Waals surface area contributed by atoms with Crippen LogP contribution in [0.1, 0.15) is 24.4 Å². The Morgan fingerprint density at radius 2 is 2.10 bits per heavy atom. The summed E-state index contributed by atoms with van der Waals surface area (Å²) in [5, 5.41) is 14.4. The van der Waals surface area contributed by atoms with Crippen LogP contribution in [-0.2, 0) is 9.53 Å². The van der Waals surface area contributed by atoms with Crippen molar-refractivity contribution in [3.05, 3.63) is 35.9 Å². The van der Waals surface area contributed by atoms with Crippen molar-refractivity contribution in [2.45, 2.75) is 18.9 Å². The number of carboxylic acids is 1. The predicted octanol–water partition coefficient (Wildman–Crippen LogP) is 1.54. The average molecular weight is 292 g/mol. The summed E-state index contributed by atoms with van der Waals surface area (Å²) >= 11 is 0. The molecule has 1 aliphatic rings. The van der Waals surface area contributed by atoms with Crippen LogP contribution in [0, 0.1) is 5.92 Å². The van der Waals surface area contributed by atoms with E-state index in [4.69, 9.17) is 4.74 Å². The second-order valence-electron chi connectivity index (χ2n) is 5.12. The highest BCUT2D eigenvalue weighted by molar-refractivity contribution is 5.83. The summed E-state index contributed by atoms with van der Waals surface area (Å²) in [5.41, 5.74) is 0.543. The summed E-state index contributed by atoms with van der Waals surface area (Å²) in [4.78, 5) is 23.1. The van der Waals surface area contributed by atoms with Gasteiger partial charge in [-0.1, -0.05) is 30.3 Å². The summed E-state index contributed by atoms with van der Waals surface area (Å²) < 4.78 is 5.34. The zero-order valence-electron chi connectivity index (χ0n) is 11.7. The zero-order chi connectivity index (χ0) is 15.1. The Hall–Kier alpha value is -2.08. The van der Waals surface area contributed by atoms with Crippen molar-refractivity contribution < 1.29 is 19.4 Å². The second-order valence-corrected chi connectivity index (χ2v) is 5.12. The number of carbonyl (C=O) groups is 2. The van der Waals surface area contributed by atoms with Crippen LogP contribution in [0.5, 0.6) is 0 Å². The third-order valence-electron chi connectivity index (χ3n) is 3.46. The molecule has 2 amide bonds. The summed E-state index contributed by atoms with van der Waals surface area (Å²) in [6.07, 6.45) is 2.01. The van der Waals surface area contributed by atoms with E-state index in [1.807, 2.05) is 0 Å². The maximum Gasteiger partial charge on any atom is 0.330 e. The van der Waals surface area contributed by atoms with Crippen molar-refractivity contribution in [3.8, 4) is 0 Å². The Kier molecular flexibility index (Phi) is 5.57. The number of hydrogen-bond donors (Lipinski definition) is 3. The number of rotatable bonds is 5. The van der Waals surface area contributed by atoms with Gasteiger partial charge in [0, 0.05) is 13.2 Å². The van der Waals surface area contributed by atoms with Gasteiger partial charge >= 0.3 is 12.0 Å². The predicted molar refractivity (Wildman–Crippen MR) is 76.9 cm³/mol. The van der Waals surface area contributed by atoms with E-state index in [2.05, 4.69) is 10.6 Å². The number of aliphatic carboxylic acids is 1. The zero-order valence-corrected chi connectivity index (χ0v) is 11.7. The second kappa shape index (κ2) is 7.64. The fraction of sp³-hybridized carbons (Fsp3) is 0.467. The molecule has 0 bridgehead atoms. The van der Waals surface area contributed by atoms with Crippen LogP contribution < -0.4 is 10.6 Å². The first-order chi connectivity index (χ1) is 10.2. The van der Waals surface area contributed by atoms with Gasteiger partial charge in [-0.2, -0.15) is 0 Å². The minimum Gasteiger partial charge on any atom is -0.479 e. The van der Waals surface area contributed by atoms with Gasteiger partial charge in [-0.15, -0.1) is 0 Å². The molecule has 6 heteroatoms. The Morgan fingerprint density at radius 3 is 2.71 bits per heavy atom. The molecule has 2 rings (SSSR count). The monoisotopic (exact) mass is 292 g/mol. The van der Waals surface area contributed by atoms with Crippen LogP contribution >= 0.6 is 0 Å². The van der Waals surface area contributed by atoms with Crippen molar-refractivity contribution in [3.63, 3.8) is 0 Å². The van der Waals surface area contributed by atoms with E-state index in [1.165, 1.54) is 0 Å². The van der Waals surface area contributed by atoms with Crippen molar-refractivity contribution >= 4 is 12.0 Å². The van der Waals surface area contributed by atoms with Crippen molar-refractivity contribution in [1.82, 2.24) is 10.6 Å². The molecule has 21 heavy (non-hydrogen) atoms. The lowest BCUT2D eigenvalue weighted by molar-refractivity contribution is -0.139. The Bertz CT molecular complexity index is 472. The van der Waals surface area contributed by atoms with E-state index in [9.17, 15) is 14.7 Å². The lowest BCUT2D eigenvalue weighted by Gasteiger charge is -2.23. The summed E-state index contributed by atoms with van der Waals surface area (Å²) in [7, 11) is 0. The first-order valence-electron chi connectivity index (χ1n) is 7.06. The minimum absolute atomic E-state index is 0.296. The van der Waals surface area contributed by atoms with E-state index < -0.39 is 18.0 Å². The molecule has 0 spiro atoms. The highest BCUT2D eigenvalue weighted by atomic mass is 16.5. The number of nitrogens with one attached hydrogen (secondary N) is 2. The van der Waals surface area contributed by atoms with Gasteiger partial charge in [0.05, 0.1) is 6.61 Å². The molecule has 1 aliphatic heterocycles. The van der Waals surface area contributed by atoms with Gasteiger partial charge < -0.3 is 20.5 Å². The molecule has 1 saturated heterocycles. The molecular weight excluding hydrogens is 272 g/mol. The van der Waals surface area contributed by atoms with Gasteiger partial charge in [-0.25, -0.2) is 9.59 Å². The molecule has 3 N–H and O–H groups in total. The van der Waals surface area contributed by atoms with Gasteiger partial charge in [-0.3, -0.25) is 0 Å². The molecule has 0 aliphatic carbocycles. The van der Waals surface area contributed by atoms with Gasteiger partial charge in [0.25, 0.3) is 0 Å². The highest BCUT2D eigenvalue weighted by Crippen LogP contribution is 2.13. The molecule has 6 nitrogen and oxygen atoms in total. The largest absolute Gasteiger partial charge is 0.479 e. The van der Waals surface area contributed by atoms with Crippen LogP contribution in [0.3, 0.4) is 0 Å². The van der Waals surface area contributed by atoms with Crippen molar-refractivity contribution in [2.75, 3.05) is 19.8 Å². The van der Waals surface area contributed by atoms with Crippen molar-refractivity contribution in [2.24, 2.45) is 5.92 Å². The molecule has 1 heterocycles. The number of hydrogen-bond acceptors (Lipinski definition) is 3. The highest BCUT2D eigenvalue weighted by Gasteiger charge is 2.22. The molecule has 1 aromatic carbocycles. The number of carboxylic acid groups (broad SMARTS) is 1. The standard InChI is InChI=1S/C15H20N2O4/c18-14(19)13(12-6-2-1-3-7-12)17-15(20)16-9-11-5-4-8-21-10-11/h1-3,6-7,11,13H,4-5,8-10H2,(H,18,19)(H2,16,17,20)/t11?,13-/m1/s1. The Balaban J connectivity index is 1.85. The lowest BCUT2D eigenvalue weighted by atomic mass is 10.0. The fourth-order valence-corrected chi connectivity index (χ4v) is 2.32. The third kappa shape index (κ3) is 4.75. The Labute approximate surface area is 123 Å². The van der Waals surface area contributed by atoms with E-state index in [-0.39, 0.29) is 0 Å². The van der Waals surface area contributed by atoms with Crippen LogP contribution in [-0.4, -0.2) is 36.9 Å². The van der Waals surface area contributed by atoms with Gasteiger partial charge in [0.15, 0.2) is 6.04 Å². The van der Waals surface area contributed by atoms with Gasteiger partial charge in [-0.05, 0) is 24.3 Å². The number of amides is 2. The maximum atomic E-state index is 11.8. The molecule has 1 aromatic rings. The SMILES string of the molecule is O=C(NCC1CCCOC1)N[C@@H](C(=O)O)c1ccccc1. The smallest absolute Gasteiger partial charge is 0.330 e. The normalized spacial score (nSPS) is 19.5. The van der Waals surface area contributed by atoms with E-state index in [0.717, 1.165) is 19.4 Å². The molecule has 2 atom stereocenters. The van der Waals surface area contributed by atoms with Crippen LogP contribution in [0.4, 0.5) is 4.79 Å². The van der Waals surface area contributed by atoms with Gasteiger partial charge in [0.2, 0.25) is 0 Å². The summed E-state index contributed by atoms with van der Waals surface area (Å²) in [6.45, 7) is 1.91. The summed E-state index contributed by atoms with van der Waals surface area (Å²) in [6, 6.07) is 7.10. The number of ether oxygens (including phenoxy) is 1. The molecule has 0 aromatic heterocycles. The third-order valence-corrected chi connectivity index (χ3v) is 3.46. The fourth-order valence-electron chi connectivity index (χ4n) is 2.32. The van der Waals surface area contributed by atoms with E-state index in [1.54, 1.807) is 30.3 Å². The van der Waals surface area contributed by atoms with Crippen molar-refractivity contribution in [1.29, 1.82) is 0 Å². The van der Waals surface area contributed by atoms with Crippen LogP contribution in [0.25, 0.3) is 0 Å². The van der Waals surface area contributed by atoms with E-state index >= 15 is 0 Å².